The van der Waals surface area contributed by atoms with Gasteiger partial charge in [-0.05, 0) is 0 Å². The summed E-state index contributed by atoms with van der Waals surface area (Å²) >= 11 is 0.842. The van der Waals surface area contributed by atoms with Crippen LogP contribution in [0.5, 0.6) is 0 Å². The average Bonchev–Trinajstić information content (AvgIpc) is 2.04. The van der Waals surface area contributed by atoms with Gasteiger partial charge in [0.1, 0.15) is 0 Å². The van der Waals surface area contributed by atoms with E-state index in [0.717, 1.165) is 45.0 Å². The third-order valence-electron chi connectivity index (χ3n) is 2.45. The summed E-state index contributed by atoms with van der Waals surface area (Å²) in [6.45, 7) is 0. The van der Waals surface area contributed by atoms with Gasteiger partial charge in [-0.3, -0.25) is 0 Å². The van der Waals surface area contributed by atoms with Gasteiger partial charge in [0, 0.05) is 0 Å². The number of rotatable bonds is 0. The third-order valence-corrected chi connectivity index (χ3v) is 4.47. The van der Waals surface area contributed by atoms with Crippen molar-refractivity contribution in [2.45, 2.75) is 22.4 Å². The number of aliphatic hydroxyl groups is 1. The van der Waals surface area contributed by atoms with E-state index in [1.165, 1.54) is 11.1 Å². The van der Waals surface area contributed by atoms with Crippen molar-refractivity contribution < 1.29 is 5.11 Å². The Hall–Kier alpha value is 0.102. The van der Waals surface area contributed by atoms with E-state index in [9.17, 15) is 5.11 Å². The van der Waals surface area contributed by atoms with Crippen LogP contribution >= 0.6 is 0 Å². The van der Waals surface area contributed by atoms with Crippen molar-refractivity contribution in [2.24, 2.45) is 0 Å². The van der Waals surface area contributed by atoms with E-state index in [1.54, 1.807) is 0 Å². The molecule has 1 aromatic rings. The number of benzene rings is 1. The Kier molecular flexibility index (Phi) is 2.25. The van der Waals surface area contributed by atoms with Gasteiger partial charge in [0.2, 0.25) is 0 Å². The number of fused-ring (bicyclic) bond motifs is 1. The molecule has 1 N–H and O–H groups in total. The molecule has 1 nitrogen and oxygen atoms in total. The molecule has 0 saturated carbocycles. The van der Waals surface area contributed by atoms with Crippen molar-refractivity contribution in [3.8, 4) is 0 Å². The summed E-state index contributed by atoms with van der Waals surface area (Å²) in [4.78, 5) is 0. The summed E-state index contributed by atoms with van der Waals surface area (Å²) in [5.41, 5.74) is 2.53. The third kappa shape index (κ3) is 1.44. The first-order chi connectivity index (χ1) is 5.70. The Labute approximate surface area is 88.5 Å². The normalized spacial score (nSPS) is 28.2. The summed E-state index contributed by atoms with van der Waals surface area (Å²) in [6, 6.07) is 8.29. The predicted octanol–water partition coefficient (Wildman–Crippen LogP) is 1.34. The molecule has 1 unspecified atom stereocenters. The topological polar surface area (TPSA) is 20.2 Å². The zero-order valence-corrected chi connectivity index (χ0v) is 10.8. The van der Waals surface area contributed by atoms with Gasteiger partial charge < -0.3 is 0 Å². The Morgan fingerprint density at radius 3 is 2.83 bits per heavy atom. The fourth-order valence-electron chi connectivity index (χ4n) is 1.81. The average molecular weight is 354 g/mol. The second-order valence-corrected chi connectivity index (χ2v) is 6.59. The van der Waals surface area contributed by atoms with Gasteiger partial charge in [-0.2, -0.15) is 0 Å². The van der Waals surface area contributed by atoms with E-state index in [-0.39, 0.29) is 0 Å². The van der Waals surface area contributed by atoms with E-state index in [0.29, 0.717) is 0 Å². The molecule has 0 fully saturated rings. The summed E-state index contributed by atoms with van der Waals surface area (Å²) < 4.78 is -0.450. The van der Waals surface area contributed by atoms with E-state index in [2.05, 4.69) is 18.2 Å². The van der Waals surface area contributed by atoms with Gasteiger partial charge in [0.05, 0.1) is 0 Å². The van der Waals surface area contributed by atoms with Gasteiger partial charge in [0.25, 0.3) is 0 Å². The fourth-order valence-corrected chi connectivity index (χ4v) is 3.45. The first-order valence-electron chi connectivity index (χ1n) is 4.26. The van der Waals surface area contributed by atoms with Crippen LogP contribution in [0.25, 0.3) is 0 Å². The van der Waals surface area contributed by atoms with Crippen LogP contribution in [0.3, 0.4) is 0 Å². The Balaban J connectivity index is 2.52. The molecule has 0 aromatic heterocycles. The second-order valence-electron chi connectivity index (χ2n) is 3.37. The maximum absolute atomic E-state index is 10.1. The molecule has 61 valence electrons. The SMILES string of the molecule is O[C]1([Pb])CCCc2ccccc21. The summed E-state index contributed by atoms with van der Waals surface area (Å²) in [5.74, 6) is 0. The monoisotopic (exact) mass is 355 g/mol. The van der Waals surface area contributed by atoms with Crippen LogP contribution in [0.1, 0.15) is 24.0 Å². The molecule has 1 atom stereocenters. The van der Waals surface area contributed by atoms with Gasteiger partial charge in [-0.15, -0.1) is 0 Å². The first-order valence-corrected chi connectivity index (χ1v) is 6.20. The molecule has 0 aliphatic heterocycles. The van der Waals surface area contributed by atoms with Gasteiger partial charge in [-0.25, -0.2) is 0 Å². The van der Waals surface area contributed by atoms with Crippen molar-refractivity contribution in [1.82, 2.24) is 0 Å². The van der Waals surface area contributed by atoms with Crippen LogP contribution in [0.4, 0.5) is 0 Å². The molecule has 0 bridgehead atoms. The van der Waals surface area contributed by atoms with E-state index >= 15 is 0 Å². The standard InChI is InChI=1S/C10H11O.Pb/c11-10-7-3-5-8-4-1-2-6-9(8)10;/h1-2,4,6,11H,3,5,7H2;. The molecule has 0 spiro atoms. The van der Waals surface area contributed by atoms with Gasteiger partial charge in [0.15, 0.2) is 0 Å². The van der Waals surface area contributed by atoms with E-state index in [1.807, 2.05) is 6.07 Å². The molecule has 1 aromatic carbocycles. The fraction of sp³-hybridized carbons (Fsp3) is 0.400. The molecule has 0 saturated heterocycles. The minimum absolute atomic E-state index is 0.450. The Morgan fingerprint density at radius 1 is 1.33 bits per heavy atom. The van der Waals surface area contributed by atoms with Crippen LogP contribution in [-0.2, 0) is 9.58 Å². The van der Waals surface area contributed by atoms with Crippen LogP contribution < -0.4 is 0 Å². The summed E-state index contributed by atoms with van der Waals surface area (Å²) in [5, 5.41) is 10.1. The Bertz CT molecular complexity index is 294. The summed E-state index contributed by atoms with van der Waals surface area (Å²) in [7, 11) is 0. The van der Waals surface area contributed by atoms with E-state index < -0.39 is 3.16 Å². The van der Waals surface area contributed by atoms with Crippen LogP contribution in [0, 0.1) is 0 Å². The minimum atomic E-state index is -0.450. The van der Waals surface area contributed by atoms with Crippen molar-refractivity contribution >= 4 is 25.8 Å². The van der Waals surface area contributed by atoms with Crippen molar-refractivity contribution in [2.75, 3.05) is 0 Å². The quantitative estimate of drug-likeness (QED) is 0.697. The maximum atomic E-state index is 10.1. The van der Waals surface area contributed by atoms with Crippen molar-refractivity contribution in [1.29, 1.82) is 0 Å². The molecule has 3 radical (unpaired) electrons. The molecule has 1 aliphatic rings. The summed E-state index contributed by atoms with van der Waals surface area (Å²) in [6.07, 6.45) is 3.23. The molecular formula is C10H11OPb. The van der Waals surface area contributed by atoms with Crippen LogP contribution in [0.2, 0.25) is 0 Å². The molecular weight excluding hydrogens is 343 g/mol. The van der Waals surface area contributed by atoms with Crippen molar-refractivity contribution in [3.63, 3.8) is 0 Å². The predicted molar refractivity (Wildman–Crippen MR) is 49.0 cm³/mol. The number of hydrogen-bond donors (Lipinski definition) is 1. The van der Waals surface area contributed by atoms with E-state index in [4.69, 9.17) is 0 Å². The van der Waals surface area contributed by atoms with Crippen LogP contribution in [-0.4, -0.2) is 30.9 Å². The second kappa shape index (κ2) is 3.11. The number of hydrogen-bond acceptors (Lipinski definition) is 1. The van der Waals surface area contributed by atoms with Crippen LogP contribution in [0.15, 0.2) is 24.3 Å². The molecule has 0 amide bonds. The van der Waals surface area contributed by atoms with Crippen molar-refractivity contribution in [3.05, 3.63) is 35.4 Å². The van der Waals surface area contributed by atoms with Gasteiger partial charge in [-0.1, -0.05) is 0 Å². The molecule has 1 aliphatic carbocycles. The molecule has 2 heteroatoms. The Morgan fingerprint density at radius 2 is 2.08 bits per heavy atom. The zero-order chi connectivity index (χ0) is 8.60. The van der Waals surface area contributed by atoms with Gasteiger partial charge >= 0.3 is 88.7 Å². The molecule has 2 rings (SSSR count). The molecule has 12 heavy (non-hydrogen) atoms. The first kappa shape index (κ1) is 8.69. The molecule has 0 heterocycles. The number of aryl methyl sites for hydroxylation is 1. The zero-order valence-electron chi connectivity index (χ0n) is 6.88.